The molecule has 0 amide bonds. The van der Waals surface area contributed by atoms with E-state index in [1.807, 2.05) is 44.2 Å². The lowest BCUT2D eigenvalue weighted by atomic mass is 10.1. The molecule has 6 nitrogen and oxygen atoms in total. The normalized spacial score (nSPS) is 11.9. The average Bonchev–Trinajstić information content (AvgIpc) is 2.98. The predicted octanol–water partition coefficient (Wildman–Crippen LogP) is 3.16. The Labute approximate surface area is 166 Å². The summed E-state index contributed by atoms with van der Waals surface area (Å²) in [4.78, 5) is 39.9. The summed E-state index contributed by atoms with van der Waals surface area (Å²) in [5, 5.41) is 10.1. The summed E-state index contributed by atoms with van der Waals surface area (Å²) in [6.45, 7) is 7.01. The van der Waals surface area contributed by atoms with Crippen molar-refractivity contribution in [3.05, 3.63) is 67.2 Å². The van der Waals surface area contributed by atoms with Crippen molar-refractivity contribution >= 4 is 27.5 Å². The second-order valence-corrected chi connectivity index (χ2v) is 8.44. The number of nitrogens with zero attached hydrogens (tertiary/aromatic N) is 2. The van der Waals surface area contributed by atoms with Crippen molar-refractivity contribution in [3.8, 4) is 0 Å². The number of carboxylic acid groups (broad SMARTS) is 1. The van der Waals surface area contributed by atoms with Gasteiger partial charge in [0.25, 0.3) is 5.56 Å². The van der Waals surface area contributed by atoms with Gasteiger partial charge in [-0.1, -0.05) is 37.3 Å². The van der Waals surface area contributed by atoms with Gasteiger partial charge in [0.2, 0.25) is 0 Å². The van der Waals surface area contributed by atoms with E-state index >= 15 is 0 Å². The molecule has 2 heterocycles. The number of aliphatic carboxylic acids is 1. The van der Waals surface area contributed by atoms with Gasteiger partial charge in [-0.2, -0.15) is 0 Å². The number of rotatable bonds is 6. The lowest BCUT2D eigenvalue weighted by Gasteiger charge is -2.23. The maximum absolute atomic E-state index is 13.3. The minimum absolute atomic E-state index is 0.373. The molecule has 0 saturated heterocycles. The Kier molecular flexibility index (Phi) is 5.30. The van der Waals surface area contributed by atoms with Crippen LogP contribution < -0.4 is 11.2 Å². The third-order valence-corrected chi connectivity index (χ3v) is 6.64. The van der Waals surface area contributed by atoms with Gasteiger partial charge in [-0.05, 0) is 44.7 Å². The number of hydrogen-bond donors (Lipinski definition) is 1. The van der Waals surface area contributed by atoms with Crippen molar-refractivity contribution in [1.82, 2.24) is 9.13 Å². The van der Waals surface area contributed by atoms with E-state index < -0.39 is 22.8 Å². The molecule has 0 bridgehead atoms. The van der Waals surface area contributed by atoms with Crippen molar-refractivity contribution < 1.29 is 9.90 Å². The quantitative estimate of drug-likeness (QED) is 0.689. The molecule has 0 fully saturated rings. The molecule has 3 aromatic rings. The molecule has 0 atom stereocenters. The summed E-state index contributed by atoms with van der Waals surface area (Å²) in [7, 11) is 0. The van der Waals surface area contributed by atoms with Crippen LogP contribution in [0.5, 0.6) is 0 Å². The first-order valence-electron chi connectivity index (χ1n) is 9.25. The SMILES string of the molecule is CCc1sc2c(c1C)c(=O)n(C(C)(C)C(=O)O)c(=O)n2CCc1ccccc1. The maximum Gasteiger partial charge on any atom is 0.333 e. The molecule has 0 aliphatic rings. The van der Waals surface area contributed by atoms with Gasteiger partial charge in [-0.15, -0.1) is 11.3 Å². The molecule has 0 spiro atoms. The van der Waals surface area contributed by atoms with E-state index in [0.29, 0.717) is 23.2 Å². The molecule has 1 N–H and O–H groups in total. The molecule has 0 aliphatic carbocycles. The molecule has 0 aliphatic heterocycles. The van der Waals surface area contributed by atoms with Gasteiger partial charge in [-0.25, -0.2) is 14.2 Å². The van der Waals surface area contributed by atoms with Crippen LogP contribution in [0, 0.1) is 6.92 Å². The summed E-state index contributed by atoms with van der Waals surface area (Å²) >= 11 is 1.44. The van der Waals surface area contributed by atoms with Crippen molar-refractivity contribution in [2.24, 2.45) is 0 Å². The molecule has 28 heavy (non-hydrogen) atoms. The van der Waals surface area contributed by atoms with Gasteiger partial charge < -0.3 is 5.11 Å². The topological polar surface area (TPSA) is 81.3 Å². The largest absolute Gasteiger partial charge is 0.480 e. The Morgan fingerprint density at radius 3 is 2.39 bits per heavy atom. The zero-order chi connectivity index (χ0) is 20.6. The van der Waals surface area contributed by atoms with E-state index in [0.717, 1.165) is 27.0 Å². The van der Waals surface area contributed by atoms with Gasteiger partial charge >= 0.3 is 11.7 Å². The molecular weight excluding hydrogens is 376 g/mol. The summed E-state index contributed by atoms with van der Waals surface area (Å²) in [6, 6.07) is 9.77. The third kappa shape index (κ3) is 3.20. The number of benzene rings is 1. The first kappa shape index (κ1) is 20.1. The van der Waals surface area contributed by atoms with Crippen LogP contribution in [0.2, 0.25) is 0 Å². The Bertz CT molecular complexity index is 1150. The van der Waals surface area contributed by atoms with Crippen LogP contribution in [0.25, 0.3) is 10.2 Å². The van der Waals surface area contributed by atoms with Crippen LogP contribution in [0.4, 0.5) is 0 Å². The highest BCUT2D eigenvalue weighted by atomic mass is 32.1. The molecule has 0 unspecified atom stereocenters. The first-order chi connectivity index (χ1) is 13.2. The summed E-state index contributed by atoms with van der Waals surface area (Å²) in [6.07, 6.45) is 1.36. The monoisotopic (exact) mass is 400 g/mol. The van der Waals surface area contributed by atoms with Gasteiger partial charge in [-0.3, -0.25) is 9.36 Å². The van der Waals surface area contributed by atoms with E-state index in [2.05, 4.69) is 0 Å². The van der Waals surface area contributed by atoms with Gasteiger partial charge in [0, 0.05) is 11.4 Å². The molecular formula is C21H24N2O4S. The Balaban J connectivity index is 2.30. The highest BCUT2D eigenvalue weighted by molar-refractivity contribution is 7.18. The van der Waals surface area contributed by atoms with Crippen LogP contribution in [0.1, 0.15) is 36.8 Å². The molecule has 7 heteroatoms. The number of aryl methyl sites for hydroxylation is 4. The maximum atomic E-state index is 13.3. The highest BCUT2D eigenvalue weighted by Gasteiger charge is 2.35. The summed E-state index contributed by atoms with van der Waals surface area (Å²) in [5.74, 6) is -1.22. The van der Waals surface area contributed by atoms with Crippen molar-refractivity contribution in [2.45, 2.75) is 52.6 Å². The fraction of sp³-hybridized carbons (Fsp3) is 0.381. The van der Waals surface area contributed by atoms with Crippen molar-refractivity contribution in [2.75, 3.05) is 0 Å². The average molecular weight is 401 g/mol. The lowest BCUT2D eigenvalue weighted by molar-refractivity contribution is -0.146. The van der Waals surface area contributed by atoms with Crippen LogP contribution >= 0.6 is 11.3 Å². The summed E-state index contributed by atoms with van der Waals surface area (Å²) in [5.41, 5.74) is -0.850. The number of aromatic nitrogens is 2. The Hall–Kier alpha value is -2.67. The van der Waals surface area contributed by atoms with Crippen molar-refractivity contribution in [1.29, 1.82) is 0 Å². The van der Waals surface area contributed by atoms with E-state index in [-0.39, 0.29) is 0 Å². The molecule has 3 rings (SSSR count). The first-order valence-corrected chi connectivity index (χ1v) is 10.1. The molecule has 0 radical (unpaired) electrons. The zero-order valence-electron chi connectivity index (χ0n) is 16.5. The van der Waals surface area contributed by atoms with Gasteiger partial charge in [0.15, 0.2) is 0 Å². The molecule has 0 saturated carbocycles. The Morgan fingerprint density at radius 1 is 1.18 bits per heavy atom. The molecule has 148 valence electrons. The van der Waals surface area contributed by atoms with E-state index in [1.165, 1.54) is 25.2 Å². The smallest absolute Gasteiger partial charge is 0.333 e. The number of thiophene rings is 1. The van der Waals surface area contributed by atoms with Crippen LogP contribution in [-0.2, 0) is 29.7 Å². The fourth-order valence-corrected chi connectivity index (χ4v) is 4.66. The highest BCUT2D eigenvalue weighted by Crippen LogP contribution is 2.29. The minimum Gasteiger partial charge on any atom is -0.480 e. The number of fused-ring (bicyclic) bond motifs is 1. The second-order valence-electron chi connectivity index (χ2n) is 7.36. The fourth-order valence-electron chi connectivity index (χ4n) is 3.40. The zero-order valence-corrected chi connectivity index (χ0v) is 17.3. The van der Waals surface area contributed by atoms with Crippen molar-refractivity contribution in [3.63, 3.8) is 0 Å². The number of hydrogen-bond acceptors (Lipinski definition) is 4. The van der Waals surface area contributed by atoms with Crippen LogP contribution in [-0.4, -0.2) is 20.2 Å². The van der Waals surface area contributed by atoms with E-state index in [4.69, 9.17) is 0 Å². The number of carboxylic acids is 1. The third-order valence-electron chi connectivity index (χ3n) is 5.18. The second kappa shape index (κ2) is 7.39. The van der Waals surface area contributed by atoms with Crippen LogP contribution in [0.3, 0.4) is 0 Å². The molecule has 1 aromatic carbocycles. The summed E-state index contributed by atoms with van der Waals surface area (Å²) < 4.78 is 2.45. The van der Waals surface area contributed by atoms with E-state index in [9.17, 15) is 19.5 Å². The Morgan fingerprint density at radius 2 is 1.82 bits per heavy atom. The standard InChI is InChI=1S/C21H24N2O4S/c1-5-15-13(2)16-17(24)23(21(3,4)19(25)26)20(27)22(18(16)28-15)12-11-14-9-7-6-8-10-14/h6-10H,5,11-12H2,1-4H3,(H,25,26). The van der Waals surface area contributed by atoms with Gasteiger partial charge in [0.1, 0.15) is 10.4 Å². The lowest BCUT2D eigenvalue weighted by Crippen LogP contribution is -2.52. The molecule has 2 aromatic heterocycles. The van der Waals surface area contributed by atoms with E-state index in [1.54, 1.807) is 4.57 Å². The van der Waals surface area contributed by atoms with Gasteiger partial charge in [0.05, 0.1) is 5.39 Å². The number of carbonyl (C=O) groups is 1. The predicted molar refractivity (Wildman–Crippen MR) is 112 cm³/mol. The minimum atomic E-state index is -1.64. The van der Waals surface area contributed by atoms with Crippen LogP contribution in [0.15, 0.2) is 39.9 Å².